The van der Waals surface area contributed by atoms with Crippen molar-refractivity contribution in [2.75, 3.05) is 7.05 Å². The molecule has 0 bridgehead atoms. The molecule has 4 nitrogen and oxygen atoms in total. The van der Waals surface area contributed by atoms with Crippen LogP contribution < -0.4 is 10.1 Å². The third-order valence-corrected chi connectivity index (χ3v) is 4.16. The maximum atomic E-state index is 6.01. The molecule has 108 valence electrons. The van der Waals surface area contributed by atoms with Crippen LogP contribution in [0.3, 0.4) is 0 Å². The largest absolute Gasteiger partial charge is 0.452 e. The zero-order valence-electron chi connectivity index (χ0n) is 12.5. The lowest BCUT2D eigenvalue weighted by Crippen LogP contribution is -2.12. The van der Waals surface area contributed by atoms with Crippen molar-refractivity contribution in [2.24, 2.45) is 7.05 Å². The molecule has 0 aliphatic rings. The minimum Gasteiger partial charge on any atom is -0.452 e. The van der Waals surface area contributed by atoms with Gasteiger partial charge < -0.3 is 10.1 Å². The SMILES string of the molecule is CNC(C)c1ccc(Oc2c(C)nn(C)c2C)c(Br)c1. The molecule has 2 aromatic rings. The fourth-order valence-electron chi connectivity index (χ4n) is 2.05. The molecule has 1 aromatic heterocycles. The van der Waals surface area contributed by atoms with Crippen molar-refractivity contribution in [3.8, 4) is 11.5 Å². The molecule has 0 aliphatic heterocycles. The second-order valence-electron chi connectivity index (χ2n) is 4.93. The molecule has 0 fully saturated rings. The fraction of sp³-hybridized carbons (Fsp3) is 0.400. The van der Waals surface area contributed by atoms with Gasteiger partial charge in [-0.3, -0.25) is 4.68 Å². The van der Waals surface area contributed by atoms with Gasteiger partial charge in [-0.15, -0.1) is 0 Å². The smallest absolute Gasteiger partial charge is 0.171 e. The number of ether oxygens (including phenoxy) is 1. The average Bonchev–Trinajstić information content (AvgIpc) is 2.66. The Balaban J connectivity index is 2.30. The molecule has 20 heavy (non-hydrogen) atoms. The summed E-state index contributed by atoms with van der Waals surface area (Å²) in [6, 6.07) is 6.45. The van der Waals surface area contributed by atoms with Gasteiger partial charge in [-0.2, -0.15) is 5.10 Å². The van der Waals surface area contributed by atoms with E-state index in [2.05, 4.69) is 45.4 Å². The van der Waals surface area contributed by atoms with Crippen LogP contribution in [0.1, 0.15) is 29.9 Å². The molecular formula is C15H20BrN3O. The summed E-state index contributed by atoms with van der Waals surface area (Å²) in [6.07, 6.45) is 0. The fourth-order valence-corrected chi connectivity index (χ4v) is 2.53. The highest BCUT2D eigenvalue weighted by Crippen LogP contribution is 2.34. The first kappa shape index (κ1) is 15.1. The van der Waals surface area contributed by atoms with Gasteiger partial charge in [-0.05, 0) is 61.4 Å². The Kier molecular flexibility index (Phi) is 4.50. The number of nitrogens with one attached hydrogen (secondary N) is 1. The minimum atomic E-state index is 0.308. The van der Waals surface area contributed by atoms with Gasteiger partial charge in [-0.1, -0.05) is 6.07 Å². The van der Waals surface area contributed by atoms with Crippen LogP contribution in [0.15, 0.2) is 22.7 Å². The summed E-state index contributed by atoms with van der Waals surface area (Å²) in [7, 11) is 3.87. The van der Waals surface area contributed by atoms with Gasteiger partial charge in [-0.25, -0.2) is 0 Å². The standard InChI is InChI=1S/C15H20BrN3O/c1-9(17-4)12-6-7-14(13(16)8-12)20-15-10(2)18-19(5)11(15)3/h6-9,17H,1-5H3. The van der Waals surface area contributed by atoms with E-state index in [9.17, 15) is 0 Å². The van der Waals surface area contributed by atoms with E-state index in [4.69, 9.17) is 4.74 Å². The first-order valence-electron chi connectivity index (χ1n) is 6.58. The van der Waals surface area contributed by atoms with E-state index in [0.717, 1.165) is 27.4 Å². The summed E-state index contributed by atoms with van der Waals surface area (Å²) in [5, 5.41) is 7.59. The molecule has 1 N–H and O–H groups in total. The van der Waals surface area contributed by atoms with Crippen molar-refractivity contribution < 1.29 is 4.74 Å². The lowest BCUT2D eigenvalue weighted by Gasteiger charge is -2.13. The van der Waals surface area contributed by atoms with E-state index in [0.29, 0.717) is 6.04 Å². The number of rotatable bonds is 4. The van der Waals surface area contributed by atoms with Gasteiger partial charge in [0.15, 0.2) is 5.75 Å². The van der Waals surface area contributed by atoms with E-state index < -0.39 is 0 Å². The average molecular weight is 338 g/mol. The number of nitrogens with zero attached hydrogens (tertiary/aromatic N) is 2. The highest BCUT2D eigenvalue weighted by molar-refractivity contribution is 9.10. The van der Waals surface area contributed by atoms with Crippen molar-refractivity contribution in [3.63, 3.8) is 0 Å². The molecule has 1 atom stereocenters. The highest BCUT2D eigenvalue weighted by Gasteiger charge is 2.14. The summed E-state index contributed by atoms with van der Waals surface area (Å²) in [4.78, 5) is 0. The highest BCUT2D eigenvalue weighted by atomic mass is 79.9. The minimum absolute atomic E-state index is 0.308. The van der Waals surface area contributed by atoms with E-state index >= 15 is 0 Å². The second kappa shape index (κ2) is 5.97. The molecule has 1 aromatic carbocycles. The first-order chi connectivity index (χ1) is 9.43. The summed E-state index contributed by atoms with van der Waals surface area (Å²) in [5.74, 6) is 1.62. The lowest BCUT2D eigenvalue weighted by atomic mass is 10.1. The Morgan fingerprint density at radius 1 is 1.35 bits per heavy atom. The maximum Gasteiger partial charge on any atom is 0.171 e. The molecule has 0 aliphatic carbocycles. The van der Waals surface area contributed by atoms with Crippen LogP contribution in [0.2, 0.25) is 0 Å². The number of halogens is 1. The molecule has 1 heterocycles. The number of benzene rings is 1. The Morgan fingerprint density at radius 2 is 2.05 bits per heavy atom. The van der Waals surface area contributed by atoms with E-state index in [1.807, 2.05) is 38.7 Å². The van der Waals surface area contributed by atoms with Crippen LogP contribution in [-0.4, -0.2) is 16.8 Å². The normalized spacial score (nSPS) is 12.5. The van der Waals surface area contributed by atoms with Gasteiger partial charge in [0.05, 0.1) is 10.2 Å². The molecule has 0 saturated carbocycles. The molecular weight excluding hydrogens is 318 g/mol. The van der Waals surface area contributed by atoms with Gasteiger partial charge in [0, 0.05) is 13.1 Å². The van der Waals surface area contributed by atoms with E-state index in [-0.39, 0.29) is 0 Å². The van der Waals surface area contributed by atoms with Crippen LogP contribution in [0, 0.1) is 13.8 Å². The van der Waals surface area contributed by atoms with Gasteiger partial charge in [0.2, 0.25) is 0 Å². The predicted octanol–water partition coefficient (Wildman–Crippen LogP) is 3.87. The van der Waals surface area contributed by atoms with Crippen LogP contribution >= 0.6 is 15.9 Å². The Labute approximate surface area is 128 Å². The Bertz CT molecular complexity index is 622. The molecule has 2 rings (SSSR count). The lowest BCUT2D eigenvalue weighted by molar-refractivity contribution is 0.470. The summed E-state index contributed by atoms with van der Waals surface area (Å²) < 4.78 is 8.78. The zero-order valence-corrected chi connectivity index (χ0v) is 14.1. The number of aromatic nitrogens is 2. The molecule has 5 heteroatoms. The number of hydrogen-bond donors (Lipinski definition) is 1. The van der Waals surface area contributed by atoms with Crippen molar-refractivity contribution in [1.82, 2.24) is 15.1 Å². The third-order valence-electron chi connectivity index (χ3n) is 3.54. The molecule has 0 spiro atoms. The van der Waals surface area contributed by atoms with Crippen molar-refractivity contribution in [3.05, 3.63) is 39.6 Å². The van der Waals surface area contributed by atoms with Crippen molar-refractivity contribution in [1.29, 1.82) is 0 Å². The molecule has 0 amide bonds. The Morgan fingerprint density at radius 3 is 2.55 bits per heavy atom. The second-order valence-corrected chi connectivity index (χ2v) is 5.78. The summed E-state index contributed by atoms with van der Waals surface area (Å²) >= 11 is 3.58. The van der Waals surface area contributed by atoms with Gasteiger partial charge >= 0.3 is 0 Å². The van der Waals surface area contributed by atoms with Crippen molar-refractivity contribution in [2.45, 2.75) is 26.8 Å². The van der Waals surface area contributed by atoms with Crippen LogP contribution in [0.4, 0.5) is 0 Å². The Hall–Kier alpha value is -1.33. The van der Waals surface area contributed by atoms with Crippen LogP contribution in [-0.2, 0) is 7.05 Å². The van der Waals surface area contributed by atoms with E-state index in [1.54, 1.807) is 0 Å². The molecule has 0 saturated heterocycles. The number of aryl methyl sites for hydroxylation is 2. The third kappa shape index (κ3) is 2.88. The summed E-state index contributed by atoms with van der Waals surface area (Å²) in [6.45, 7) is 6.08. The van der Waals surface area contributed by atoms with Gasteiger partial charge in [0.25, 0.3) is 0 Å². The van der Waals surface area contributed by atoms with Crippen molar-refractivity contribution >= 4 is 15.9 Å². The van der Waals surface area contributed by atoms with E-state index in [1.165, 1.54) is 5.56 Å². The van der Waals surface area contributed by atoms with Crippen LogP contribution in [0.5, 0.6) is 11.5 Å². The number of hydrogen-bond acceptors (Lipinski definition) is 3. The van der Waals surface area contributed by atoms with Gasteiger partial charge in [0.1, 0.15) is 11.4 Å². The first-order valence-corrected chi connectivity index (χ1v) is 7.38. The zero-order chi connectivity index (χ0) is 14.9. The molecule has 1 unspecified atom stereocenters. The summed E-state index contributed by atoms with van der Waals surface area (Å²) in [5.41, 5.74) is 3.12. The topological polar surface area (TPSA) is 39.1 Å². The quantitative estimate of drug-likeness (QED) is 0.920. The van der Waals surface area contributed by atoms with Crippen LogP contribution in [0.25, 0.3) is 0 Å². The molecule has 0 radical (unpaired) electrons. The maximum absolute atomic E-state index is 6.01. The monoisotopic (exact) mass is 337 g/mol. The predicted molar refractivity (Wildman–Crippen MR) is 84.4 cm³/mol.